The fraction of sp³-hybridized carbons (Fsp3) is 0.478. The van der Waals surface area contributed by atoms with Crippen LogP contribution in [0.4, 0.5) is 5.82 Å². The number of pyridine rings is 2. The van der Waals surface area contributed by atoms with Crippen LogP contribution in [0.25, 0.3) is 0 Å². The average Bonchev–Trinajstić information content (AvgIpc) is 2.66. The van der Waals surface area contributed by atoms with Crippen LogP contribution in [0.15, 0.2) is 29.4 Å². The van der Waals surface area contributed by atoms with Gasteiger partial charge in [-0.1, -0.05) is 20.8 Å². The first-order valence-electron chi connectivity index (χ1n) is 10.0. The molecule has 2 aromatic rings. The molecule has 3 rings (SSSR count). The molecule has 0 spiro atoms. The van der Waals surface area contributed by atoms with E-state index in [0.29, 0.717) is 29.5 Å². The fourth-order valence-corrected chi connectivity index (χ4v) is 4.54. The first-order valence-corrected chi connectivity index (χ1v) is 11.0. The van der Waals surface area contributed by atoms with Crippen molar-refractivity contribution in [3.8, 4) is 6.07 Å². The predicted molar refractivity (Wildman–Crippen MR) is 117 cm³/mol. The summed E-state index contributed by atoms with van der Waals surface area (Å²) in [6, 6.07) is 8.03. The van der Waals surface area contributed by atoms with Gasteiger partial charge in [-0.05, 0) is 66.8 Å². The summed E-state index contributed by atoms with van der Waals surface area (Å²) in [5, 5.41) is 13.1. The van der Waals surface area contributed by atoms with E-state index >= 15 is 0 Å². The topological polar surface area (TPSA) is 78.7 Å². The van der Waals surface area contributed by atoms with Crippen molar-refractivity contribution < 1.29 is 4.79 Å². The number of hydrogen-bond acceptors (Lipinski definition) is 5. The molecule has 0 radical (unpaired) electrons. The Morgan fingerprint density at radius 3 is 2.86 bits per heavy atom. The number of thioether (sulfide) groups is 1. The molecule has 1 amide bonds. The molecule has 0 fully saturated rings. The molecule has 5 nitrogen and oxygen atoms in total. The molecular formula is C23H28N4OS. The third kappa shape index (κ3) is 5.57. The van der Waals surface area contributed by atoms with Crippen LogP contribution in [0.3, 0.4) is 0 Å². The number of aryl methyl sites for hydroxylation is 2. The molecule has 0 bridgehead atoms. The lowest BCUT2D eigenvalue weighted by Crippen LogP contribution is -2.27. The fourth-order valence-electron chi connectivity index (χ4n) is 3.63. The van der Waals surface area contributed by atoms with Gasteiger partial charge in [0.1, 0.15) is 16.9 Å². The highest BCUT2D eigenvalue weighted by atomic mass is 32.2. The molecule has 0 saturated heterocycles. The maximum atomic E-state index is 12.2. The summed E-state index contributed by atoms with van der Waals surface area (Å²) in [7, 11) is 0. The Bertz CT molecular complexity index is 943. The standard InChI is InChI=1S/C23H28N4OS/c1-15-7-9-25-20(11-15)27-21(28)8-10-29-22-17(14-24)12-16-13-18(23(2,3)4)5-6-19(16)26-22/h7,9,11-12,18H,5-6,8,10,13H2,1-4H3,(H,25,27,28). The van der Waals surface area contributed by atoms with Gasteiger partial charge in [-0.15, -0.1) is 11.8 Å². The minimum absolute atomic E-state index is 0.0833. The van der Waals surface area contributed by atoms with Gasteiger partial charge >= 0.3 is 0 Å². The molecule has 0 saturated carbocycles. The van der Waals surface area contributed by atoms with Gasteiger partial charge in [-0.3, -0.25) is 4.79 Å². The van der Waals surface area contributed by atoms with Gasteiger partial charge in [0.15, 0.2) is 0 Å². The summed E-state index contributed by atoms with van der Waals surface area (Å²) < 4.78 is 0. The molecule has 1 aliphatic carbocycles. The van der Waals surface area contributed by atoms with Crippen molar-refractivity contribution in [2.24, 2.45) is 11.3 Å². The molecule has 152 valence electrons. The number of aromatic nitrogens is 2. The lowest BCUT2D eigenvalue weighted by Gasteiger charge is -2.34. The van der Waals surface area contributed by atoms with E-state index in [4.69, 9.17) is 4.98 Å². The third-order valence-electron chi connectivity index (χ3n) is 5.45. The van der Waals surface area contributed by atoms with Crippen molar-refractivity contribution in [1.29, 1.82) is 5.26 Å². The van der Waals surface area contributed by atoms with Crippen LogP contribution in [-0.4, -0.2) is 21.6 Å². The monoisotopic (exact) mass is 408 g/mol. The number of nitriles is 1. The van der Waals surface area contributed by atoms with Crippen LogP contribution in [0, 0.1) is 29.6 Å². The normalized spacial score (nSPS) is 16.0. The van der Waals surface area contributed by atoms with Gasteiger partial charge in [0, 0.05) is 24.1 Å². The second kappa shape index (κ2) is 8.96. The molecule has 1 aliphatic rings. The summed E-state index contributed by atoms with van der Waals surface area (Å²) in [4.78, 5) is 21.1. The zero-order valence-electron chi connectivity index (χ0n) is 17.6. The smallest absolute Gasteiger partial charge is 0.226 e. The van der Waals surface area contributed by atoms with Gasteiger partial charge in [0.2, 0.25) is 5.91 Å². The number of rotatable bonds is 5. The maximum absolute atomic E-state index is 12.2. The Balaban J connectivity index is 1.61. The van der Waals surface area contributed by atoms with Crippen LogP contribution in [0.2, 0.25) is 0 Å². The lowest BCUT2D eigenvalue weighted by atomic mass is 9.71. The second-order valence-corrected chi connectivity index (χ2v) is 9.81. The molecule has 0 aromatic carbocycles. The molecule has 1 atom stereocenters. The Labute approximate surface area is 177 Å². The quantitative estimate of drug-likeness (QED) is 0.710. The van der Waals surface area contributed by atoms with Gasteiger partial charge < -0.3 is 5.32 Å². The highest BCUT2D eigenvalue weighted by molar-refractivity contribution is 7.99. The van der Waals surface area contributed by atoms with E-state index in [-0.39, 0.29) is 11.3 Å². The van der Waals surface area contributed by atoms with E-state index in [1.54, 1.807) is 6.20 Å². The van der Waals surface area contributed by atoms with Crippen LogP contribution in [0.5, 0.6) is 0 Å². The number of nitrogens with zero attached hydrogens (tertiary/aromatic N) is 3. The zero-order valence-corrected chi connectivity index (χ0v) is 18.4. The molecule has 29 heavy (non-hydrogen) atoms. The number of fused-ring (bicyclic) bond motifs is 1. The van der Waals surface area contributed by atoms with Crippen LogP contribution < -0.4 is 5.32 Å². The highest BCUT2D eigenvalue weighted by Crippen LogP contribution is 2.38. The van der Waals surface area contributed by atoms with Gasteiger partial charge in [-0.2, -0.15) is 5.26 Å². The van der Waals surface area contributed by atoms with Crippen LogP contribution in [-0.2, 0) is 17.6 Å². The predicted octanol–water partition coefficient (Wildman–Crippen LogP) is 4.93. The zero-order chi connectivity index (χ0) is 21.0. The number of nitrogens with one attached hydrogen (secondary N) is 1. The second-order valence-electron chi connectivity index (χ2n) is 8.73. The summed E-state index contributed by atoms with van der Waals surface area (Å²) in [6.07, 6.45) is 5.09. The Hall–Kier alpha value is -2.39. The number of amides is 1. The summed E-state index contributed by atoms with van der Waals surface area (Å²) in [5.41, 5.74) is 4.25. The molecule has 1 N–H and O–H groups in total. The first-order chi connectivity index (χ1) is 13.8. The average molecular weight is 409 g/mol. The Morgan fingerprint density at radius 1 is 1.38 bits per heavy atom. The molecule has 2 heterocycles. The molecule has 2 aromatic heterocycles. The van der Waals surface area contributed by atoms with Crippen molar-refractivity contribution in [2.75, 3.05) is 11.1 Å². The van der Waals surface area contributed by atoms with Crippen molar-refractivity contribution in [1.82, 2.24) is 9.97 Å². The number of hydrogen-bond donors (Lipinski definition) is 1. The number of carbonyl (C=O) groups excluding carboxylic acids is 1. The Morgan fingerprint density at radius 2 is 2.17 bits per heavy atom. The number of anilines is 1. The highest BCUT2D eigenvalue weighted by Gasteiger charge is 2.30. The minimum atomic E-state index is -0.0833. The third-order valence-corrected chi connectivity index (χ3v) is 6.44. The Kier molecular flexibility index (Phi) is 6.59. The van der Waals surface area contributed by atoms with Gasteiger partial charge in [-0.25, -0.2) is 9.97 Å². The maximum Gasteiger partial charge on any atom is 0.226 e. The van der Waals surface area contributed by atoms with Crippen molar-refractivity contribution >= 4 is 23.5 Å². The molecule has 6 heteroatoms. The SMILES string of the molecule is Cc1ccnc(NC(=O)CCSc2nc3c(cc2C#N)CC(C(C)(C)C)CC3)c1. The summed E-state index contributed by atoms with van der Waals surface area (Å²) >= 11 is 1.48. The van der Waals surface area contributed by atoms with Crippen LogP contribution >= 0.6 is 11.8 Å². The van der Waals surface area contributed by atoms with E-state index in [1.807, 2.05) is 25.1 Å². The largest absolute Gasteiger partial charge is 0.311 e. The van der Waals surface area contributed by atoms with Gasteiger partial charge in [0.05, 0.1) is 5.56 Å². The van der Waals surface area contributed by atoms with E-state index < -0.39 is 0 Å². The van der Waals surface area contributed by atoms with E-state index in [0.717, 1.165) is 35.5 Å². The first kappa shape index (κ1) is 21.3. The van der Waals surface area contributed by atoms with E-state index in [9.17, 15) is 10.1 Å². The van der Waals surface area contributed by atoms with E-state index in [1.165, 1.54) is 17.3 Å². The summed E-state index contributed by atoms with van der Waals surface area (Å²) in [6.45, 7) is 8.80. The van der Waals surface area contributed by atoms with Crippen molar-refractivity contribution in [2.45, 2.75) is 58.4 Å². The van der Waals surface area contributed by atoms with Gasteiger partial charge in [0.25, 0.3) is 0 Å². The summed E-state index contributed by atoms with van der Waals surface area (Å²) in [5.74, 6) is 1.67. The lowest BCUT2D eigenvalue weighted by molar-refractivity contribution is -0.115. The molecule has 1 unspecified atom stereocenters. The van der Waals surface area contributed by atoms with Crippen LogP contribution in [0.1, 0.15) is 56.0 Å². The van der Waals surface area contributed by atoms with Crippen molar-refractivity contribution in [3.05, 3.63) is 46.8 Å². The van der Waals surface area contributed by atoms with E-state index in [2.05, 4.69) is 37.1 Å². The minimum Gasteiger partial charge on any atom is -0.311 e. The van der Waals surface area contributed by atoms with Crippen molar-refractivity contribution in [3.63, 3.8) is 0 Å². The molecular weight excluding hydrogens is 380 g/mol. The molecule has 0 aliphatic heterocycles. The number of carbonyl (C=O) groups is 1.